The highest BCUT2D eigenvalue weighted by molar-refractivity contribution is 5.98. The molecule has 37 heavy (non-hydrogen) atoms. The smallest absolute Gasteiger partial charge is 0.303 e. The lowest BCUT2D eigenvalue weighted by Crippen LogP contribution is -2.25. The van der Waals surface area contributed by atoms with E-state index in [0.29, 0.717) is 29.1 Å². The first kappa shape index (κ1) is 24.2. The fraction of sp³-hybridized carbons (Fsp3) is 0.241. The number of ether oxygens (including phenoxy) is 2. The van der Waals surface area contributed by atoms with Crippen LogP contribution < -0.4 is 5.32 Å². The van der Waals surface area contributed by atoms with Gasteiger partial charge < -0.3 is 14.8 Å². The number of carbonyl (C=O) groups is 2. The van der Waals surface area contributed by atoms with E-state index in [9.17, 15) is 14.9 Å². The molecule has 5 rings (SSSR count). The first-order valence-corrected chi connectivity index (χ1v) is 12.2. The number of amides is 1. The monoisotopic (exact) mass is 494 g/mol. The topological polar surface area (TPSA) is 106 Å². The predicted octanol–water partition coefficient (Wildman–Crippen LogP) is 5.52. The van der Waals surface area contributed by atoms with Crippen molar-refractivity contribution in [3.05, 3.63) is 83.9 Å². The molecule has 1 saturated heterocycles. The van der Waals surface area contributed by atoms with E-state index < -0.39 is 18.0 Å². The second-order valence-electron chi connectivity index (χ2n) is 8.93. The summed E-state index contributed by atoms with van der Waals surface area (Å²) in [5, 5.41) is 18.1. The van der Waals surface area contributed by atoms with Gasteiger partial charge in [-0.05, 0) is 49.6 Å². The predicted molar refractivity (Wildman–Crippen MR) is 138 cm³/mol. The average molecular weight is 495 g/mol. The van der Waals surface area contributed by atoms with Gasteiger partial charge in [-0.2, -0.15) is 10.4 Å². The molecule has 1 aliphatic rings. The third-order valence-electron chi connectivity index (χ3n) is 6.29. The minimum absolute atomic E-state index is 0.170. The maximum Gasteiger partial charge on any atom is 0.303 e. The summed E-state index contributed by atoms with van der Waals surface area (Å²) in [6.07, 6.45) is 1.70. The van der Waals surface area contributed by atoms with Gasteiger partial charge in [-0.3, -0.25) is 9.59 Å². The lowest BCUT2D eigenvalue weighted by Gasteiger charge is -2.23. The number of benzene rings is 3. The Morgan fingerprint density at radius 3 is 2.68 bits per heavy atom. The van der Waals surface area contributed by atoms with Crippen molar-refractivity contribution in [2.75, 3.05) is 11.9 Å². The van der Waals surface area contributed by atoms with Crippen LogP contribution in [0.15, 0.2) is 72.8 Å². The number of aromatic nitrogens is 2. The Morgan fingerprint density at radius 1 is 1.11 bits per heavy atom. The Bertz CT molecular complexity index is 1480. The number of hydrogen-bond acceptors (Lipinski definition) is 6. The SMILES string of the molecule is CC(=O)O[C@@H](C(=O)Nc1cccc(-c2nn(C3CCCCO3)c3ccc(C#N)cc23)c1)c1ccccc1. The van der Waals surface area contributed by atoms with Crippen LogP contribution in [0.1, 0.15) is 49.6 Å². The van der Waals surface area contributed by atoms with Crippen molar-refractivity contribution in [3.8, 4) is 17.3 Å². The van der Waals surface area contributed by atoms with E-state index in [1.54, 1.807) is 36.4 Å². The van der Waals surface area contributed by atoms with E-state index in [2.05, 4.69) is 11.4 Å². The van der Waals surface area contributed by atoms with Crippen molar-refractivity contribution in [3.63, 3.8) is 0 Å². The van der Waals surface area contributed by atoms with Crippen molar-refractivity contribution < 1.29 is 19.1 Å². The van der Waals surface area contributed by atoms with Gasteiger partial charge in [0, 0.05) is 35.7 Å². The average Bonchev–Trinajstić information content (AvgIpc) is 3.31. The molecule has 1 aliphatic heterocycles. The molecule has 4 aromatic rings. The van der Waals surface area contributed by atoms with Crippen LogP contribution >= 0.6 is 0 Å². The van der Waals surface area contributed by atoms with Crippen LogP contribution in [0, 0.1) is 11.3 Å². The number of rotatable bonds is 6. The van der Waals surface area contributed by atoms with Crippen molar-refractivity contribution in [2.45, 2.75) is 38.5 Å². The molecular weight excluding hydrogens is 468 g/mol. The van der Waals surface area contributed by atoms with Gasteiger partial charge in [0.2, 0.25) is 6.10 Å². The van der Waals surface area contributed by atoms with Crippen LogP contribution in [0.4, 0.5) is 5.69 Å². The summed E-state index contributed by atoms with van der Waals surface area (Å²) in [6.45, 7) is 1.96. The van der Waals surface area contributed by atoms with E-state index in [1.807, 2.05) is 41.1 Å². The highest BCUT2D eigenvalue weighted by atomic mass is 16.5. The molecule has 0 radical (unpaired) electrons. The van der Waals surface area contributed by atoms with Crippen molar-refractivity contribution in [1.29, 1.82) is 5.26 Å². The van der Waals surface area contributed by atoms with E-state index in [0.717, 1.165) is 35.7 Å². The van der Waals surface area contributed by atoms with Crippen LogP contribution in [-0.4, -0.2) is 28.3 Å². The number of fused-ring (bicyclic) bond motifs is 1. The standard InChI is InChI=1S/C29H26N4O4/c1-19(34)37-28(21-8-3-2-4-9-21)29(35)31-23-11-7-10-22(17-23)27-24-16-20(18-30)13-14-25(24)33(32-27)26-12-5-6-15-36-26/h2-4,7-11,13-14,16-17,26,28H,5-6,12,15H2,1H3,(H,31,35)/t26?,28-/m1/s1. The van der Waals surface area contributed by atoms with Crippen LogP contribution in [0.2, 0.25) is 0 Å². The number of esters is 1. The van der Waals surface area contributed by atoms with Gasteiger partial charge in [0.05, 0.1) is 17.1 Å². The van der Waals surface area contributed by atoms with Gasteiger partial charge in [0.15, 0.2) is 6.23 Å². The maximum absolute atomic E-state index is 13.1. The lowest BCUT2D eigenvalue weighted by atomic mass is 10.0. The fourth-order valence-electron chi connectivity index (χ4n) is 4.58. The zero-order valence-corrected chi connectivity index (χ0v) is 20.4. The van der Waals surface area contributed by atoms with Crippen molar-refractivity contribution in [2.24, 2.45) is 0 Å². The molecule has 0 bridgehead atoms. The van der Waals surface area contributed by atoms with Gasteiger partial charge in [-0.1, -0.05) is 42.5 Å². The first-order chi connectivity index (χ1) is 18.0. The number of anilines is 1. The summed E-state index contributed by atoms with van der Waals surface area (Å²) in [5.41, 5.74) is 3.99. The lowest BCUT2D eigenvalue weighted by molar-refractivity contribution is -0.152. The van der Waals surface area contributed by atoms with E-state index in [1.165, 1.54) is 6.92 Å². The maximum atomic E-state index is 13.1. The molecule has 1 unspecified atom stereocenters. The van der Waals surface area contributed by atoms with Crippen LogP contribution in [-0.2, 0) is 19.1 Å². The normalized spacial score (nSPS) is 16.1. The molecule has 1 amide bonds. The summed E-state index contributed by atoms with van der Waals surface area (Å²) in [6, 6.07) is 23.9. The van der Waals surface area contributed by atoms with Gasteiger partial charge >= 0.3 is 5.97 Å². The minimum Gasteiger partial charge on any atom is -0.447 e. The Morgan fingerprint density at radius 2 is 1.95 bits per heavy atom. The van der Waals surface area contributed by atoms with Crippen LogP contribution in [0.5, 0.6) is 0 Å². The molecule has 0 saturated carbocycles. The van der Waals surface area contributed by atoms with Gasteiger partial charge in [-0.25, -0.2) is 4.68 Å². The highest BCUT2D eigenvalue weighted by Gasteiger charge is 2.25. The fourth-order valence-corrected chi connectivity index (χ4v) is 4.58. The van der Waals surface area contributed by atoms with Crippen LogP contribution in [0.3, 0.4) is 0 Å². The minimum atomic E-state index is -1.08. The van der Waals surface area contributed by atoms with Gasteiger partial charge in [0.25, 0.3) is 5.91 Å². The quantitative estimate of drug-likeness (QED) is 0.354. The second kappa shape index (κ2) is 10.6. The highest BCUT2D eigenvalue weighted by Crippen LogP contribution is 2.34. The van der Waals surface area contributed by atoms with Crippen LogP contribution in [0.25, 0.3) is 22.2 Å². The third kappa shape index (κ3) is 5.22. The van der Waals surface area contributed by atoms with E-state index >= 15 is 0 Å². The van der Waals surface area contributed by atoms with E-state index in [4.69, 9.17) is 14.6 Å². The molecule has 8 heteroatoms. The molecule has 0 spiro atoms. The molecule has 3 aromatic carbocycles. The molecule has 186 valence electrons. The summed E-state index contributed by atoms with van der Waals surface area (Å²) in [7, 11) is 0. The zero-order valence-electron chi connectivity index (χ0n) is 20.4. The number of nitrogens with zero attached hydrogens (tertiary/aromatic N) is 3. The Labute approximate surface area is 214 Å². The van der Waals surface area contributed by atoms with Crippen molar-refractivity contribution in [1.82, 2.24) is 9.78 Å². The molecule has 8 nitrogen and oxygen atoms in total. The summed E-state index contributed by atoms with van der Waals surface area (Å²) in [4.78, 5) is 24.8. The second-order valence-corrected chi connectivity index (χ2v) is 8.93. The summed E-state index contributed by atoms with van der Waals surface area (Å²) >= 11 is 0. The number of nitriles is 1. The molecule has 2 heterocycles. The third-order valence-corrected chi connectivity index (χ3v) is 6.29. The first-order valence-electron chi connectivity index (χ1n) is 12.2. The molecule has 1 N–H and O–H groups in total. The summed E-state index contributed by atoms with van der Waals surface area (Å²) in [5.74, 6) is -1.01. The zero-order chi connectivity index (χ0) is 25.8. The Balaban J connectivity index is 1.49. The molecule has 0 aliphatic carbocycles. The Hall–Kier alpha value is -4.48. The molecule has 1 aromatic heterocycles. The molecule has 2 atom stereocenters. The van der Waals surface area contributed by atoms with E-state index in [-0.39, 0.29) is 6.23 Å². The molecular formula is C29H26N4O4. The van der Waals surface area contributed by atoms with Crippen molar-refractivity contribution >= 4 is 28.5 Å². The summed E-state index contributed by atoms with van der Waals surface area (Å²) < 4.78 is 13.2. The number of hydrogen-bond donors (Lipinski definition) is 1. The van der Waals surface area contributed by atoms with Gasteiger partial charge in [0.1, 0.15) is 5.69 Å². The number of carbonyl (C=O) groups excluding carboxylic acids is 2. The Kier molecular flexibility index (Phi) is 6.97. The largest absolute Gasteiger partial charge is 0.447 e. The number of nitrogens with one attached hydrogen (secondary N) is 1. The van der Waals surface area contributed by atoms with Gasteiger partial charge in [-0.15, -0.1) is 0 Å². The molecule has 1 fully saturated rings.